The summed E-state index contributed by atoms with van der Waals surface area (Å²) in [6.07, 6.45) is 4.10. The summed E-state index contributed by atoms with van der Waals surface area (Å²) in [4.78, 5) is 0. The molecule has 0 saturated heterocycles. The van der Waals surface area contributed by atoms with E-state index in [-0.39, 0.29) is 11.1 Å². The first kappa shape index (κ1) is 20.4. The number of benzene rings is 2. The maximum atomic E-state index is 14.7. The van der Waals surface area contributed by atoms with Crippen molar-refractivity contribution in [1.29, 1.82) is 0 Å². The first-order chi connectivity index (χ1) is 15.0. The Hall–Kier alpha value is -2.54. The quantitative estimate of drug-likeness (QED) is 0.643. The molecule has 3 aliphatic rings. The molecular formula is C24H27ClFN5. The molecule has 31 heavy (non-hydrogen) atoms. The van der Waals surface area contributed by atoms with E-state index in [1.54, 1.807) is 18.2 Å². The number of rotatable bonds is 3. The zero-order valence-electron chi connectivity index (χ0n) is 17.8. The highest BCUT2D eigenvalue weighted by Gasteiger charge is 2.33. The van der Waals surface area contributed by atoms with Crippen LogP contribution in [0.1, 0.15) is 42.5 Å². The van der Waals surface area contributed by atoms with Crippen LogP contribution in [0.5, 0.6) is 0 Å². The number of hydrogen-bond acceptors (Lipinski definition) is 5. The van der Waals surface area contributed by atoms with Gasteiger partial charge in [-0.1, -0.05) is 35.9 Å². The lowest BCUT2D eigenvalue weighted by Crippen LogP contribution is -2.40. The standard InChI is InChI=1S/C24H27ClFN5/c1-15-24-18-7-6-17(16-8-11-27-12-9-16)14-19(18)21(10-13-31(24)30(2)29-15)28-22-5-3-4-20(25)23(22)26/h3-8,14,21,27-29H,9-13H2,1-2H3. The predicted octanol–water partition coefficient (Wildman–Crippen LogP) is 4.77. The average Bonchev–Trinajstić information content (AvgIpc) is 2.96. The lowest BCUT2D eigenvalue weighted by Gasteiger charge is -2.27. The number of halogens is 2. The summed E-state index contributed by atoms with van der Waals surface area (Å²) >= 11 is 6.05. The summed E-state index contributed by atoms with van der Waals surface area (Å²) in [6, 6.07) is 11.8. The molecule has 0 aromatic heterocycles. The van der Waals surface area contributed by atoms with Crippen molar-refractivity contribution < 1.29 is 4.39 Å². The van der Waals surface area contributed by atoms with Crippen molar-refractivity contribution in [2.45, 2.75) is 25.8 Å². The van der Waals surface area contributed by atoms with Crippen LogP contribution in [0.3, 0.4) is 0 Å². The van der Waals surface area contributed by atoms with Gasteiger partial charge in [0.2, 0.25) is 0 Å². The van der Waals surface area contributed by atoms with Gasteiger partial charge >= 0.3 is 0 Å². The number of allylic oxidation sites excluding steroid dienone is 1. The van der Waals surface area contributed by atoms with Crippen molar-refractivity contribution >= 4 is 28.6 Å². The molecule has 0 fully saturated rings. The summed E-state index contributed by atoms with van der Waals surface area (Å²) < 4.78 is 14.7. The molecule has 0 bridgehead atoms. The molecule has 3 aliphatic heterocycles. The number of hydrazine groups is 2. The largest absolute Gasteiger partial charge is 0.376 e. The Balaban J connectivity index is 1.61. The molecular weight excluding hydrogens is 413 g/mol. The van der Waals surface area contributed by atoms with Crippen LogP contribution in [0.15, 0.2) is 48.2 Å². The zero-order valence-corrected chi connectivity index (χ0v) is 18.6. The highest BCUT2D eigenvalue weighted by atomic mass is 35.5. The molecule has 3 heterocycles. The molecule has 0 amide bonds. The molecule has 5 rings (SSSR count). The average molecular weight is 440 g/mol. The summed E-state index contributed by atoms with van der Waals surface area (Å²) in [6.45, 7) is 4.80. The van der Waals surface area contributed by atoms with Gasteiger partial charge in [0.1, 0.15) is 0 Å². The maximum Gasteiger partial charge on any atom is 0.164 e. The van der Waals surface area contributed by atoms with Crippen LogP contribution in [0, 0.1) is 5.82 Å². The fourth-order valence-electron chi connectivity index (χ4n) is 4.81. The minimum Gasteiger partial charge on any atom is -0.376 e. The van der Waals surface area contributed by atoms with Crippen LogP contribution in [0.25, 0.3) is 11.3 Å². The van der Waals surface area contributed by atoms with Crippen LogP contribution in [0.4, 0.5) is 10.1 Å². The normalized spacial score (nSPS) is 21.2. The van der Waals surface area contributed by atoms with Crippen molar-refractivity contribution in [1.82, 2.24) is 20.9 Å². The van der Waals surface area contributed by atoms with Gasteiger partial charge in [-0.2, -0.15) is 0 Å². The molecule has 0 aliphatic carbocycles. The lowest BCUT2D eigenvalue weighted by atomic mass is 9.91. The van der Waals surface area contributed by atoms with Crippen molar-refractivity contribution in [2.75, 3.05) is 32.0 Å². The molecule has 0 radical (unpaired) electrons. The maximum absolute atomic E-state index is 14.7. The second-order valence-electron chi connectivity index (χ2n) is 8.30. The van der Waals surface area contributed by atoms with Crippen molar-refractivity contribution in [3.05, 3.63) is 75.7 Å². The molecule has 5 nitrogen and oxygen atoms in total. The van der Waals surface area contributed by atoms with E-state index in [0.717, 1.165) is 38.2 Å². The van der Waals surface area contributed by atoms with Crippen molar-refractivity contribution in [3.63, 3.8) is 0 Å². The summed E-state index contributed by atoms with van der Waals surface area (Å²) in [5.41, 5.74) is 11.1. The van der Waals surface area contributed by atoms with Crippen molar-refractivity contribution in [3.8, 4) is 0 Å². The van der Waals surface area contributed by atoms with E-state index in [2.05, 4.69) is 52.3 Å². The molecule has 3 N–H and O–H groups in total. The van der Waals surface area contributed by atoms with Crippen LogP contribution in [-0.4, -0.2) is 36.8 Å². The molecule has 162 valence electrons. The predicted molar refractivity (Wildman–Crippen MR) is 124 cm³/mol. The summed E-state index contributed by atoms with van der Waals surface area (Å²) in [7, 11) is 2.02. The topological polar surface area (TPSA) is 42.6 Å². The van der Waals surface area contributed by atoms with Gasteiger partial charge in [0.05, 0.1) is 28.1 Å². The highest BCUT2D eigenvalue weighted by molar-refractivity contribution is 6.31. The van der Waals surface area contributed by atoms with Gasteiger partial charge < -0.3 is 16.1 Å². The Morgan fingerprint density at radius 3 is 2.90 bits per heavy atom. The molecule has 0 spiro atoms. The van der Waals surface area contributed by atoms with E-state index in [4.69, 9.17) is 11.6 Å². The monoisotopic (exact) mass is 439 g/mol. The third kappa shape index (κ3) is 3.69. The van der Waals surface area contributed by atoms with Gasteiger partial charge in [-0.3, -0.25) is 5.01 Å². The molecule has 0 saturated carbocycles. The van der Waals surface area contributed by atoms with Gasteiger partial charge in [-0.15, -0.1) is 5.12 Å². The van der Waals surface area contributed by atoms with E-state index in [0.29, 0.717) is 5.69 Å². The molecule has 7 heteroatoms. The second-order valence-corrected chi connectivity index (χ2v) is 8.71. The second kappa shape index (κ2) is 8.19. The van der Waals surface area contributed by atoms with Crippen LogP contribution < -0.4 is 16.1 Å². The Kier molecular flexibility index (Phi) is 5.38. The third-order valence-electron chi connectivity index (χ3n) is 6.33. The van der Waals surface area contributed by atoms with Crippen LogP contribution in [0.2, 0.25) is 5.02 Å². The van der Waals surface area contributed by atoms with Gasteiger partial charge in [0.15, 0.2) is 5.82 Å². The molecule has 1 atom stereocenters. The third-order valence-corrected chi connectivity index (χ3v) is 6.62. The Labute approximate surface area is 187 Å². The van der Waals surface area contributed by atoms with E-state index in [1.807, 2.05) is 12.2 Å². The van der Waals surface area contributed by atoms with Gasteiger partial charge in [0.25, 0.3) is 0 Å². The zero-order chi connectivity index (χ0) is 21.5. The van der Waals surface area contributed by atoms with Crippen LogP contribution >= 0.6 is 11.6 Å². The lowest BCUT2D eigenvalue weighted by molar-refractivity contribution is 0.0446. The minimum absolute atomic E-state index is 0.0375. The number of anilines is 1. The Morgan fingerprint density at radius 2 is 2.10 bits per heavy atom. The molecule has 2 aromatic carbocycles. The van der Waals surface area contributed by atoms with Gasteiger partial charge in [0, 0.05) is 25.7 Å². The number of nitrogens with one attached hydrogen (secondary N) is 3. The van der Waals surface area contributed by atoms with E-state index < -0.39 is 5.82 Å². The van der Waals surface area contributed by atoms with E-state index in [9.17, 15) is 4.39 Å². The SMILES string of the molecule is CC1=C2c3ccc(C4=CCNCC4)cc3C(Nc3cccc(Cl)c3F)CCN2N(C)N1. The first-order valence-electron chi connectivity index (χ1n) is 10.8. The number of hydrogen-bond donors (Lipinski definition) is 3. The fraction of sp³-hybridized carbons (Fsp3) is 0.333. The fourth-order valence-corrected chi connectivity index (χ4v) is 4.99. The number of fused-ring (bicyclic) bond motifs is 3. The molecule has 2 aromatic rings. The Morgan fingerprint density at radius 1 is 1.23 bits per heavy atom. The van der Waals surface area contributed by atoms with Gasteiger partial charge in [-0.25, -0.2) is 4.39 Å². The van der Waals surface area contributed by atoms with Crippen LogP contribution in [-0.2, 0) is 0 Å². The van der Waals surface area contributed by atoms with Gasteiger partial charge in [-0.05, 0) is 61.2 Å². The van der Waals surface area contributed by atoms with E-state index >= 15 is 0 Å². The highest BCUT2D eigenvalue weighted by Crippen LogP contribution is 2.40. The Bertz CT molecular complexity index is 1080. The number of nitrogens with zero attached hydrogens (tertiary/aromatic N) is 2. The smallest absolute Gasteiger partial charge is 0.164 e. The van der Waals surface area contributed by atoms with Crippen molar-refractivity contribution in [2.24, 2.45) is 0 Å². The minimum atomic E-state index is -0.401. The first-order valence-corrected chi connectivity index (χ1v) is 11.1. The summed E-state index contributed by atoms with van der Waals surface area (Å²) in [5.74, 6) is -0.401. The van der Waals surface area contributed by atoms with E-state index in [1.165, 1.54) is 28.0 Å². The summed E-state index contributed by atoms with van der Waals surface area (Å²) in [5, 5.41) is 11.3. The molecule has 1 unspecified atom stereocenters.